The summed E-state index contributed by atoms with van der Waals surface area (Å²) in [5, 5.41) is 0. The first-order valence-electron chi connectivity index (χ1n) is 9.15. The molecular formula is C22H30N2O2. The highest BCUT2D eigenvalue weighted by Crippen LogP contribution is 2.26. The molecule has 1 aliphatic carbocycles. The highest BCUT2D eigenvalue weighted by atomic mass is 16.2. The second-order valence-electron chi connectivity index (χ2n) is 7.52. The fourth-order valence-electron chi connectivity index (χ4n) is 3.12. The number of hydrogen-bond acceptors (Lipinski definition) is 2. The van der Waals surface area contributed by atoms with Crippen molar-refractivity contribution in [3.63, 3.8) is 0 Å². The molecular weight excluding hydrogens is 324 g/mol. The third kappa shape index (κ3) is 4.63. The smallest absolute Gasteiger partial charge is 0.253 e. The Morgan fingerprint density at radius 3 is 2.35 bits per heavy atom. The lowest BCUT2D eigenvalue weighted by atomic mass is 9.84. The molecule has 140 valence electrons. The van der Waals surface area contributed by atoms with E-state index in [1.165, 1.54) is 5.56 Å². The lowest BCUT2D eigenvalue weighted by Crippen LogP contribution is -2.30. The number of nitrogens with zero attached hydrogens (tertiary/aromatic N) is 2. The van der Waals surface area contributed by atoms with Crippen LogP contribution in [0.15, 0.2) is 42.0 Å². The Labute approximate surface area is 157 Å². The van der Waals surface area contributed by atoms with Crippen LogP contribution in [0, 0.1) is 25.7 Å². The monoisotopic (exact) mass is 354 g/mol. The van der Waals surface area contributed by atoms with E-state index in [9.17, 15) is 9.59 Å². The molecule has 0 fully saturated rings. The van der Waals surface area contributed by atoms with E-state index in [-0.39, 0.29) is 17.7 Å². The van der Waals surface area contributed by atoms with Crippen molar-refractivity contribution in [2.24, 2.45) is 11.8 Å². The molecule has 0 N–H and O–H groups in total. The number of amides is 2. The Bertz CT molecular complexity index is 747. The minimum absolute atomic E-state index is 0.0257. The number of likely N-dealkylation sites (N-methyl/N-ethyl adjacent to an activating group) is 1. The number of hydrogen-bond donors (Lipinski definition) is 0. The second-order valence-corrected chi connectivity index (χ2v) is 7.52. The van der Waals surface area contributed by atoms with Crippen LogP contribution in [-0.2, 0) is 4.79 Å². The summed E-state index contributed by atoms with van der Waals surface area (Å²) < 4.78 is 0. The zero-order valence-corrected chi connectivity index (χ0v) is 16.7. The lowest BCUT2D eigenvalue weighted by Gasteiger charge is -2.26. The van der Waals surface area contributed by atoms with E-state index < -0.39 is 0 Å². The Balaban J connectivity index is 2.02. The van der Waals surface area contributed by atoms with Gasteiger partial charge in [0.1, 0.15) is 0 Å². The molecule has 0 spiro atoms. The minimum Gasteiger partial charge on any atom is -0.345 e. The fraction of sp³-hybridized carbons (Fsp3) is 0.455. The van der Waals surface area contributed by atoms with Gasteiger partial charge in [0.2, 0.25) is 0 Å². The largest absolute Gasteiger partial charge is 0.345 e. The summed E-state index contributed by atoms with van der Waals surface area (Å²) >= 11 is 0. The number of carbonyl (C=O) groups excluding carboxylic acids is 2. The van der Waals surface area contributed by atoms with Crippen molar-refractivity contribution in [1.82, 2.24) is 9.80 Å². The SMILES string of the molecule is Cc1ccc(C(=O)N(C)CCC2C=C(C(=O)N(C)C)C=C[C@@H]2C)cc1C. The maximum atomic E-state index is 12.7. The van der Waals surface area contributed by atoms with Gasteiger partial charge in [-0.1, -0.05) is 31.2 Å². The van der Waals surface area contributed by atoms with E-state index in [0.717, 1.165) is 23.1 Å². The van der Waals surface area contributed by atoms with Gasteiger partial charge in [0, 0.05) is 38.8 Å². The molecule has 1 unspecified atom stereocenters. The molecule has 0 saturated carbocycles. The normalized spacial score (nSPS) is 19.1. The summed E-state index contributed by atoms with van der Waals surface area (Å²) in [6, 6.07) is 5.83. The van der Waals surface area contributed by atoms with Crippen LogP contribution >= 0.6 is 0 Å². The second kappa shape index (κ2) is 8.35. The number of carbonyl (C=O) groups is 2. The van der Waals surface area contributed by atoms with Crippen LogP contribution in [0.1, 0.15) is 34.8 Å². The Hall–Kier alpha value is -2.36. The summed E-state index contributed by atoms with van der Waals surface area (Å²) in [5.41, 5.74) is 3.78. The molecule has 0 aromatic heterocycles. The first-order chi connectivity index (χ1) is 12.2. The van der Waals surface area contributed by atoms with Gasteiger partial charge in [-0.2, -0.15) is 0 Å². The van der Waals surface area contributed by atoms with Crippen molar-refractivity contribution in [3.05, 3.63) is 58.7 Å². The summed E-state index contributed by atoms with van der Waals surface area (Å²) in [7, 11) is 5.37. The molecule has 1 aliphatic rings. The first kappa shape index (κ1) is 20.0. The summed E-state index contributed by atoms with van der Waals surface area (Å²) in [6.45, 7) is 6.88. The molecule has 0 radical (unpaired) electrons. The van der Waals surface area contributed by atoms with Crippen LogP contribution in [0.5, 0.6) is 0 Å². The quantitative estimate of drug-likeness (QED) is 0.810. The van der Waals surface area contributed by atoms with Crippen LogP contribution in [0.3, 0.4) is 0 Å². The Morgan fingerprint density at radius 2 is 1.73 bits per heavy atom. The molecule has 2 rings (SSSR count). The van der Waals surface area contributed by atoms with Gasteiger partial charge in [-0.15, -0.1) is 0 Å². The first-order valence-corrected chi connectivity index (χ1v) is 9.15. The molecule has 0 bridgehead atoms. The van der Waals surface area contributed by atoms with Crippen LogP contribution in [0.25, 0.3) is 0 Å². The summed E-state index contributed by atoms with van der Waals surface area (Å²) in [4.78, 5) is 28.2. The molecule has 0 aliphatic heterocycles. The average molecular weight is 354 g/mol. The molecule has 0 heterocycles. The van der Waals surface area contributed by atoms with Crippen molar-refractivity contribution in [2.45, 2.75) is 27.2 Å². The molecule has 2 amide bonds. The van der Waals surface area contributed by atoms with Gasteiger partial charge in [0.15, 0.2) is 0 Å². The van der Waals surface area contributed by atoms with Crippen molar-refractivity contribution >= 4 is 11.8 Å². The van der Waals surface area contributed by atoms with Gasteiger partial charge in [0.05, 0.1) is 0 Å². The molecule has 1 aromatic rings. The van der Waals surface area contributed by atoms with Crippen LogP contribution in [0.2, 0.25) is 0 Å². The van der Waals surface area contributed by atoms with Gasteiger partial charge >= 0.3 is 0 Å². The van der Waals surface area contributed by atoms with Gasteiger partial charge < -0.3 is 9.80 Å². The van der Waals surface area contributed by atoms with E-state index in [1.807, 2.05) is 45.2 Å². The van der Waals surface area contributed by atoms with E-state index in [4.69, 9.17) is 0 Å². The lowest BCUT2D eigenvalue weighted by molar-refractivity contribution is -0.124. The predicted octanol–water partition coefficient (Wildman–Crippen LogP) is 3.60. The van der Waals surface area contributed by atoms with E-state index >= 15 is 0 Å². The molecule has 4 heteroatoms. The minimum atomic E-state index is 0.0257. The molecule has 26 heavy (non-hydrogen) atoms. The standard InChI is InChI=1S/C22H30N2O2/c1-15-7-9-19(13-17(15)3)22(26)24(6)12-11-18-14-20(10-8-16(18)2)21(25)23(4)5/h7-10,13-14,16,18H,11-12H2,1-6H3/t16-,18?/m0/s1. The van der Waals surface area contributed by atoms with Gasteiger partial charge in [0.25, 0.3) is 11.8 Å². The highest BCUT2D eigenvalue weighted by molar-refractivity contribution is 5.96. The van der Waals surface area contributed by atoms with Crippen molar-refractivity contribution in [1.29, 1.82) is 0 Å². The fourth-order valence-corrected chi connectivity index (χ4v) is 3.12. The average Bonchev–Trinajstić information content (AvgIpc) is 2.61. The zero-order valence-electron chi connectivity index (χ0n) is 16.7. The third-order valence-corrected chi connectivity index (χ3v) is 5.20. The molecule has 0 saturated heterocycles. The van der Waals surface area contributed by atoms with Crippen molar-refractivity contribution in [2.75, 3.05) is 27.7 Å². The zero-order chi connectivity index (χ0) is 19.4. The van der Waals surface area contributed by atoms with Crippen molar-refractivity contribution < 1.29 is 9.59 Å². The number of rotatable bonds is 5. The van der Waals surface area contributed by atoms with E-state index in [0.29, 0.717) is 12.5 Å². The maximum absolute atomic E-state index is 12.7. The van der Waals surface area contributed by atoms with E-state index in [1.54, 1.807) is 23.9 Å². The maximum Gasteiger partial charge on any atom is 0.253 e. The Kier molecular flexibility index (Phi) is 6.41. The number of benzene rings is 1. The van der Waals surface area contributed by atoms with Crippen molar-refractivity contribution in [3.8, 4) is 0 Å². The van der Waals surface area contributed by atoms with Crippen LogP contribution in [0.4, 0.5) is 0 Å². The number of aryl methyl sites for hydroxylation is 2. The molecule has 4 nitrogen and oxygen atoms in total. The predicted molar refractivity (Wildman–Crippen MR) is 106 cm³/mol. The van der Waals surface area contributed by atoms with E-state index in [2.05, 4.69) is 19.1 Å². The van der Waals surface area contributed by atoms with Gasteiger partial charge in [-0.25, -0.2) is 0 Å². The third-order valence-electron chi connectivity index (χ3n) is 5.20. The summed E-state index contributed by atoms with van der Waals surface area (Å²) in [5.74, 6) is 0.686. The Morgan fingerprint density at radius 1 is 1.04 bits per heavy atom. The highest BCUT2D eigenvalue weighted by Gasteiger charge is 2.22. The van der Waals surface area contributed by atoms with Crippen LogP contribution in [-0.4, -0.2) is 49.3 Å². The summed E-state index contributed by atoms with van der Waals surface area (Å²) in [6.07, 6.45) is 6.89. The molecule has 2 atom stereocenters. The van der Waals surface area contributed by atoms with Gasteiger partial charge in [-0.05, 0) is 55.4 Å². The molecule has 1 aromatic carbocycles. The topological polar surface area (TPSA) is 40.6 Å². The number of allylic oxidation sites excluding steroid dienone is 2. The van der Waals surface area contributed by atoms with Crippen LogP contribution < -0.4 is 0 Å². The van der Waals surface area contributed by atoms with Gasteiger partial charge in [-0.3, -0.25) is 9.59 Å².